The van der Waals surface area contributed by atoms with Crippen LogP contribution in [0.25, 0.3) is 22.3 Å². The first-order valence-corrected chi connectivity index (χ1v) is 40.6. The van der Waals surface area contributed by atoms with Crippen LogP contribution in [0.15, 0.2) is 57.9 Å². The molecule has 5 aliphatic heterocycles. The molecule has 598 valence electrons. The predicted molar refractivity (Wildman–Crippen MR) is 388 cm³/mol. The Morgan fingerprint density at radius 1 is 0.519 bits per heavy atom. The Kier molecular flexibility index (Phi) is 26.9. The highest BCUT2D eigenvalue weighted by Gasteiger charge is 2.50. The molecule has 5 aliphatic rings. The molecule has 5 saturated heterocycles. The number of fused-ring (bicyclic) bond motifs is 2. The largest absolute Gasteiger partial charge is 0.447 e. The van der Waals surface area contributed by atoms with E-state index in [4.69, 9.17) is 79.3 Å². The van der Waals surface area contributed by atoms with Crippen molar-refractivity contribution in [3.05, 3.63) is 74.8 Å². The van der Waals surface area contributed by atoms with Crippen LogP contribution in [0.2, 0.25) is 0 Å². The summed E-state index contributed by atoms with van der Waals surface area (Å²) in [7, 11) is -2.37. The van der Waals surface area contributed by atoms with Gasteiger partial charge in [0.05, 0.1) is 116 Å². The number of carbonyl (C=O) groups is 1. The number of nitrogen functional groups attached to an aromatic ring is 4. The third kappa shape index (κ3) is 18.6. The molecule has 11 rings (SSSR count). The number of morpholine rings is 4. The molecule has 108 heavy (non-hydrogen) atoms. The number of imidazole rings is 2. The number of hydrogen-bond acceptors (Lipinski definition) is 32. The second-order valence-electron chi connectivity index (χ2n) is 26.7. The lowest BCUT2D eigenvalue weighted by atomic mass is 10.3. The smallest absolute Gasteiger partial charge is 0.409 e. The lowest BCUT2D eigenvalue weighted by molar-refractivity contribution is -0.133. The highest BCUT2D eigenvalue weighted by Crippen LogP contribution is 2.59. The topological polar surface area (TPSA) is 521 Å². The molecular weight excluding hydrogens is 1500 g/mol. The van der Waals surface area contributed by atoms with E-state index in [0.717, 1.165) is 9.13 Å². The number of nitrogens with zero attached hydrogens (tertiary/aromatic N) is 21. The number of aliphatic hydroxyl groups excluding tert-OH is 1. The molecule has 11 heterocycles. The summed E-state index contributed by atoms with van der Waals surface area (Å²) in [6.07, 6.45) is -1.91. The van der Waals surface area contributed by atoms with Gasteiger partial charge in [0.25, 0.3) is 5.56 Å². The zero-order chi connectivity index (χ0) is 77.6. The zero-order valence-corrected chi connectivity index (χ0v) is 65.0. The van der Waals surface area contributed by atoms with Gasteiger partial charge in [0, 0.05) is 71.3 Å². The molecule has 6 aromatic heterocycles. The molecule has 0 bridgehead atoms. The zero-order valence-electron chi connectivity index (χ0n) is 61.4. The third-order valence-electron chi connectivity index (χ3n) is 18.2. The van der Waals surface area contributed by atoms with E-state index in [-0.39, 0.29) is 164 Å². The summed E-state index contributed by atoms with van der Waals surface area (Å²) in [6, 6.07) is 2.77. The molecule has 0 aromatic carbocycles. The summed E-state index contributed by atoms with van der Waals surface area (Å²) < 4.78 is 149. The Hall–Kier alpha value is -6.75. The second-order valence-corrected chi connectivity index (χ2v) is 37.1. The number of hydrogen-bond donors (Lipinski definition) is 6. The molecule has 10 N–H and O–H groups in total. The Morgan fingerprint density at radius 3 is 1.40 bits per heavy atom. The molecule has 0 spiro atoms. The van der Waals surface area contributed by atoms with Gasteiger partial charge in [-0.1, -0.05) is 0 Å². The van der Waals surface area contributed by atoms with Crippen LogP contribution in [0.5, 0.6) is 0 Å². The Morgan fingerprint density at radius 2 is 0.935 bits per heavy atom. The number of ether oxygens (including phenoxy) is 7. The van der Waals surface area contributed by atoms with Crippen molar-refractivity contribution in [3.8, 4) is 0 Å². The van der Waals surface area contributed by atoms with Crippen molar-refractivity contribution >= 4 is 82.5 Å². The van der Waals surface area contributed by atoms with Crippen LogP contribution >= 0.6 is 30.7 Å². The molecule has 12 atom stereocenters. The summed E-state index contributed by atoms with van der Waals surface area (Å²) in [5.41, 5.74) is 22.8. The predicted octanol–water partition coefficient (Wildman–Crippen LogP) is -1.25. The minimum absolute atomic E-state index is 0.0161. The van der Waals surface area contributed by atoms with Gasteiger partial charge >= 0.3 is 48.2 Å². The van der Waals surface area contributed by atoms with E-state index in [9.17, 15) is 19.2 Å². The summed E-state index contributed by atoms with van der Waals surface area (Å²) in [6.45, 7) is -0.768. The van der Waals surface area contributed by atoms with Crippen molar-refractivity contribution in [1.29, 1.82) is 0 Å². The number of aromatic nitrogens is 12. The van der Waals surface area contributed by atoms with E-state index in [1.165, 1.54) is 105 Å². The van der Waals surface area contributed by atoms with Crippen LogP contribution < -0.4 is 39.9 Å². The first-order chi connectivity index (χ1) is 51.4. The fraction of sp³-hybridized carbons (Fsp3) is 0.672. The molecule has 46 nitrogen and oxygen atoms in total. The van der Waals surface area contributed by atoms with E-state index in [0.29, 0.717) is 13.1 Å². The molecule has 50 heteroatoms. The Labute approximate surface area is 620 Å². The molecule has 6 aromatic rings. The van der Waals surface area contributed by atoms with Gasteiger partial charge in [-0.25, -0.2) is 71.7 Å². The standard InChI is InChI=1S/C58H96N26O20P4/c1-71(2)105(90,77-16-14-76(15-17-77)58(89)96-23-22-95-21-20-94-19-18-85)97-33-40-25-78(29-46(102-40)81-12-10-43(59)67-56(81)87)106(91,72(3)4)99-34-41-26-79(30-47(103-41)82-13-11-44(60)68-57(82)88)107(92,73(5)6)100-35-42-27-80(31-48(104-42)83-37-65-49-51(61)63-36-64-52(49)83)108(93,74(7)8)98-32-39-24-75(9)28-45(101-39)84-38-66-50-53(84)69-55(62)70-54(50)86/h10-13,36-42,45-48,85H,14-35H2,1-9H3,(H2,59,67,87)(H2,60,68,88)(H2,61,63,64)(H3,62,69,70,86). The van der Waals surface area contributed by atoms with Gasteiger partial charge in [-0.3, -0.25) is 51.2 Å². The van der Waals surface area contributed by atoms with Gasteiger partial charge in [0.15, 0.2) is 35.1 Å². The van der Waals surface area contributed by atoms with E-state index in [2.05, 4.69) is 39.9 Å². The van der Waals surface area contributed by atoms with Crippen LogP contribution in [-0.4, -0.2) is 349 Å². The summed E-state index contributed by atoms with van der Waals surface area (Å²) in [5.74, 6) is -0.168. The van der Waals surface area contributed by atoms with Gasteiger partial charge in [0.1, 0.15) is 42.5 Å². The van der Waals surface area contributed by atoms with Gasteiger partial charge in [-0.2, -0.15) is 15.0 Å². The first-order valence-electron chi connectivity index (χ1n) is 34.5. The van der Waals surface area contributed by atoms with Crippen molar-refractivity contribution in [1.82, 2.24) is 105 Å². The number of amides is 1. The summed E-state index contributed by atoms with van der Waals surface area (Å²) in [4.78, 5) is 88.5. The lowest BCUT2D eigenvalue weighted by Crippen LogP contribution is -2.51. The number of anilines is 4. The van der Waals surface area contributed by atoms with Crippen LogP contribution in [0.4, 0.5) is 28.2 Å². The average molecular weight is 1600 g/mol. The van der Waals surface area contributed by atoms with Crippen LogP contribution in [0.3, 0.4) is 0 Å². The van der Waals surface area contributed by atoms with Crippen molar-refractivity contribution < 1.29 is 79.4 Å². The Bertz CT molecular complexity index is 4470. The molecule has 0 radical (unpaired) electrons. The van der Waals surface area contributed by atoms with Crippen LogP contribution in [-0.2, 0) is 69.5 Å². The van der Waals surface area contributed by atoms with Crippen molar-refractivity contribution in [2.24, 2.45) is 0 Å². The van der Waals surface area contributed by atoms with E-state index < -0.39 is 116 Å². The molecule has 0 aliphatic carbocycles. The second kappa shape index (κ2) is 35.3. The van der Waals surface area contributed by atoms with Crippen molar-refractivity contribution in [2.75, 3.05) is 231 Å². The SMILES string of the molecule is CN1CC(COP(=O)(N(C)C)N2CC(COP(=O)(N(C)C)N3CC(COP(=O)(N(C)C)N4CC(COP(=O)(N(C)C)N5CCN(C(=O)OCCOCCOCCO)CC5)OC(n5ccc(N)nc5=O)C4)OC(n4ccc(N)nc4=O)C3)OC(n3cnc4c(N)ncnc43)C2)OC(n2cnc3c(=O)[nH]c(N)nc32)C1. The number of likely N-dealkylation sites (N-methyl/N-ethyl adjacent to an activating group) is 1. The number of nitrogens with one attached hydrogen (secondary N) is 1. The van der Waals surface area contributed by atoms with E-state index >= 15 is 18.3 Å². The van der Waals surface area contributed by atoms with Gasteiger partial charge in [-0.15, -0.1) is 0 Å². The third-order valence-corrected chi connectivity index (χ3v) is 28.5. The number of nitrogens with two attached hydrogens (primary N) is 4. The quantitative estimate of drug-likeness (QED) is 0.0212. The summed E-state index contributed by atoms with van der Waals surface area (Å²) in [5, 5.41) is 8.89. The molecule has 0 saturated carbocycles. The molecular formula is C58H96N26O20P4. The number of carbonyl (C=O) groups excluding carboxylic acids is 1. The molecule has 5 fully saturated rings. The molecule has 12 unspecified atom stereocenters. The van der Waals surface area contributed by atoms with Crippen molar-refractivity contribution in [2.45, 2.75) is 49.3 Å². The average Bonchev–Trinajstić information content (AvgIpc) is 0.964. The van der Waals surface area contributed by atoms with E-state index in [1.54, 1.807) is 46.7 Å². The maximum absolute atomic E-state index is 16.2. The van der Waals surface area contributed by atoms with Crippen LogP contribution in [0, 0.1) is 0 Å². The fourth-order valence-corrected chi connectivity index (χ4v) is 20.8. The van der Waals surface area contributed by atoms with Gasteiger partial charge in [-0.05, 0) is 75.6 Å². The highest BCUT2D eigenvalue weighted by molar-refractivity contribution is 7.54. The Balaban J connectivity index is 0.817. The monoisotopic (exact) mass is 1600 g/mol. The number of rotatable bonds is 32. The maximum Gasteiger partial charge on any atom is 0.409 e. The number of aromatic amines is 1. The van der Waals surface area contributed by atoms with Gasteiger partial charge < -0.3 is 84.2 Å². The summed E-state index contributed by atoms with van der Waals surface area (Å²) >= 11 is 0. The minimum Gasteiger partial charge on any atom is -0.447 e. The highest BCUT2D eigenvalue weighted by atomic mass is 31.2. The van der Waals surface area contributed by atoms with Crippen LogP contribution in [0.1, 0.15) is 24.9 Å². The van der Waals surface area contributed by atoms with Crippen molar-refractivity contribution in [3.63, 3.8) is 0 Å². The maximum atomic E-state index is 16.2. The normalized spacial score (nSPS) is 25.1. The molecule has 1 amide bonds. The first kappa shape index (κ1) is 82.2. The lowest BCUT2D eigenvalue weighted by Gasteiger charge is -2.46. The van der Waals surface area contributed by atoms with E-state index in [1.807, 2.05) is 11.9 Å². The fourth-order valence-electron chi connectivity index (χ4n) is 12.8. The number of aliphatic hydroxyl groups is 1. The van der Waals surface area contributed by atoms with Gasteiger partial charge in [0.2, 0.25) is 5.95 Å². The number of piperazine rings is 1. The minimum atomic E-state index is -4.35. The number of H-pyrrole nitrogens is 1.